The van der Waals surface area contributed by atoms with Gasteiger partial charge in [-0.3, -0.25) is 15.5 Å². The van der Waals surface area contributed by atoms with E-state index >= 15 is 0 Å². The summed E-state index contributed by atoms with van der Waals surface area (Å²) in [6, 6.07) is 4.49. The molecule has 0 saturated carbocycles. The molecule has 1 aromatic carbocycles. The predicted octanol–water partition coefficient (Wildman–Crippen LogP) is 1.19. The largest absolute Gasteiger partial charge is 0.384 e. The van der Waals surface area contributed by atoms with Crippen molar-refractivity contribution in [1.82, 2.24) is 0 Å². The van der Waals surface area contributed by atoms with Crippen LogP contribution in [0, 0.1) is 22.4 Å². The Morgan fingerprint density at radius 2 is 2.23 bits per heavy atom. The van der Waals surface area contributed by atoms with E-state index in [1.165, 1.54) is 12.1 Å². The molecule has 1 aromatic rings. The fraction of sp³-hybridized carbons (Fsp3) is 0.125. The molecule has 5 heteroatoms. The summed E-state index contributed by atoms with van der Waals surface area (Å²) in [5.41, 5.74) is 6.08. The molecular formula is C8H9N3O2. The van der Waals surface area contributed by atoms with Crippen molar-refractivity contribution in [2.75, 3.05) is 0 Å². The quantitative estimate of drug-likeness (QED) is 0.309. The van der Waals surface area contributed by atoms with Crippen LogP contribution in [0.4, 0.5) is 5.69 Å². The molecule has 1 rings (SSSR count). The number of nitro benzene ring substituents is 1. The maximum Gasteiger partial charge on any atom is 0.273 e. The third-order valence-electron chi connectivity index (χ3n) is 1.79. The van der Waals surface area contributed by atoms with Gasteiger partial charge in [-0.05, 0) is 6.92 Å². The zero-order chi connectivity index (χ0) is 10.0. The van der Waals surface area contributed by atoms with Crippen molar-refractivity contribution in [2.24, 2.45) is 5.73 Å². The number of benzene rings is 1. The zero-order valence-corrected chi connectivity index (χ0v) is 7.07. The van der Waals surface area contributed by atoms with E-state index in [-0.39, 0.29) is 11.5 Å². The molecule has 13 heavy (non-hydrogen) atoms. The summed E-state index contributed by atoms with van der Waals surface area (Å²) in [7, 11) is 0. The Balaban J connectivity index is 3.35. The maximum absolute atomic E-state index is 10.5. The minimum atomic E-state index is -0.484. The molecule has 0 amide bonds. The molecule has 0 saturated heterocycles. The van der Waals surface area contributed by atoms with Gasteiger partial charge in [-0.25, -0.2) is 0 Å². The van der Waals surface area contributed by atoms with E-state index in [9.17, 15) is 10.1 Å². The van der Waals surface area contributed by atoms with Crippen LogP contribution in [0.1, 0.15) is 11.1 Å². The minimum Gasteiger partial charge on any atom is -0.384 e. The number of rotatable bonds is 2. The molecule has 0 aliphatic rings. The highest BCUT2D eigenvalue weighted by molar-refractivity contribution is 5.97. The van der Waals surface area contributed by atoms with Gasteiger partial charge in [0.25, 0.3) is 5.69 Å². The molecule has 0 aromatic heterocycles. The first-order chi connectivity index (χ1) is 6.04. The Hall–Kier alpha value is -1.91. The summed E-state index contributed by atoms with van der Waals surface area (Å²) < 4.78 is 0. The van der Waals surface area contributed by atoms with Gasteiger partial charge in [0.15, 0.2) is 0 Å². The van der Waals surface area contributed by atoms with Crippen molar-refractivity contribution < 1.29 is 4.92 Å². The summed E-state index contributed by atoms with van der Waals surface area (Å²) in [4.78, 5) is 10.0. The smallest absolute Gasteiger partial charge is 0.273 e. The molecule has 0 aliphatic carbocycles. The first-order valence-electron chi connectivity index (χ1n) is 3.62. The normalized spacial score (nSPS) is 9.62. The van der Waals surface area contributed by atoms with Crippen molar-refractivity contribution in [1.29, 1.82) is 5.41 Å². The van der Waals surface area contributed by atoms with Gasteiger partial charge in [0.2, 0.25) is 0 Å². The maximum atomic E-state index is 10.5. The van der Waals surface area contributed by atoms with Gasteiger partial charge in [0.1, 0.15) is 5.84 Å². The lowest BCUT2D eigenvalue weighted by atomic mass is 10.1. The summed E-state index contributed by atoms with van der Waals surface area (Å²) >= 11 is 0. The Bertz CT molecular complexity index is 341. The van der Waals surface area contributed by atoms with E-state index in [1.54, 1.807) is 13.0 Å². The summed E-state index contributed by atoms with van der Waals surface area (Å²) in [5, 5.41) is 17.7. The van der Waals surface area contributed by atoms with Crippen LogP contribution in [-0.4, -0.2) is 10.8 Å². The number of amidine groups is 1. The molecule has 3 N–H and O–H groups in total. The van der Waals surface area contributed by atoms with Crippen LogP contribution in [-0.2, 0) is 0 Å². The van der Waals surface area contributed by atoms with Crippen LogP contribution in [0.25, 0.3) is 0 Å². The topological polar surface area (TPSA) is 93.0 Å². The van der Waals surface area contributed by atoms with Gasteiger partial charge in [-0.15, -0.1) is 0 Å². The fourth-order valence-electron chi connectivity index (χ4n) is 1.11. The lowest BCUT2D eigenvalue weighted by Crippen LogP contribution is -2.13. The van der Waals surface area contributed by atoms with E-state index in [4.69, 9.17) is 11.1 Å². The Kier molecular flexibility index (Phi) is 2.27. The highest BCUT2D eigenvalue weighted by atomic mass is 16.6. The van der Waals surface area contributed by atoms with E-state index in [1.807, 2.05) is 0 Å². The molecule has 68 valence electrons. The number of nitrogens with one attached hydrogen (secondary N) is 1. The molecule has 0 heterocycles. The molecule has 0 aliphatic heterocycles. The van der Waals surface area contributed by atoms with Gasteiger partial charge >= 0.3 is 0 Å². The van der Waals surface area contributed by atoms with Crippen LogP contribution in [0.15, 0.2) is 18.2 Å². The standard InChI is InChI=1S/C8H9N3O2/c1-5-6(8(9)10)3-2-4-7(5)11(12)13/h2-4H,1H3,(H3,9,10). The van der Waals surface area contributed by atoms with Gasteiger partial charge in [0.05, 0.1) is 4.92 Å². The summed E-state index contributed by atoms with van der Waals surface area (Å²) in [5.74, 6) is -0.152. The van der Waals surface area contributed by atoms with Crippen LogP contribution < -0.4 is 5.73 Å². The van der Waals surface area contributed by atoms with E-state index in [0.29, 0.717) is 11.1 Å². The monoisotopic (exact) mass is 179 g/mol. The van der Waals surface area contributed by atoms with Crippen LogP contribution in [0.5, 0.6) is 0 Å². The molecule has 0 atom stereocenters. The fourth-order valence-corrected chi connectivity index (χ4v) is 1.11. The number of nitro groups is 1. The predicted molar refractivity (Wildman–Crippen MR) is 48.8 cm³/mol. The second-order valence-corrected chi connectivity index (χ2v) is 2.62. The van der Waals surface area contributed by atoms with E-state index in [0.717, 1.165) is 0 Å². The van der Waals surface area contributed by atoms with Gasteiger partial charge in [-0.2, -0.15) is 0 Å². The molecule has 0 bridgehead atoms. The second-order valence-electron chi connectivity index (χ2n) is 2.62. The average molecular weight is 179 g/mol. The van der Waals surface area contributed by atoms with Crippen molar-refractivity contribution in [3.63, 3.8) is 0 Å². The van der Waals surface area contributed by atoms with E-state index in [2.05, 4.69) is 0 Å². The molecule has 0 fully saturated rings. The minimum absolute atomic E-state index is 0.00676. The van der Waals surface area contributed by atoms with Crippen LogP contribution in [0.2, 0.25) is 0 Å². The van der Waals surface area contributed by atoms with E-state index < -0.39 is 4.92 Å². The molecule has 0 radical (unpaired) electrons. The molecule has 5 nitrogen and oxygen atoms in total. The third kappa shape index (κ3) is 1.64. The lowest BCUT2D eigenvalue weighted by Gasteiger charge is -2.02. The third-order valence-corrected chi connectivity index (χ3v) is 1.79. The number of nitrogen functional groups attached to an aromatic ring is 1. The van der Waals surface area contributed by atoms with Crippen molar-refractivity contribution >= 4 is 11.5 Å². The Morgan fingerprint density at radius 3 is 2.69 bits per heavy atom. The number of hydrogen-bond donors (Lipinski definition) is 2. The van der Waals surface area contributed by atoms with Crippen molar-refractivity contribution in [2.45, 2.75) is 6.92 Å². The first-order valence-corrected chi connectivity index (χ1v) is 3.62. The number of nitrogens with zero attached hydrogens (tertiary/aromatic N) is 1. The first kappa shape index (κ1) is 9.18. The molecule has 0 spiro atoms. The summed E-state index contributed by atoms with van der Waals surface area (Å²) in [6.45, 7) is 1.58. The SMILES string of the molecule is Cc1c(C(=N)N)cccc1[N+](=O)[O-]. The van der Waals surface area contributed by atoms with Gasteiger partial charge in [0, 0.05) is 17.2 Å². The Morgan fingerprint density at radius 1 is 1.62 bits per heavy atom. The zero-order valence-electron chi connectivity index (χ0n) is 7.07. The highest BCUT2D eigenvalue weighted by Gasteiger charge is 2.13. The van der Waals surface area contributed by atoms with Gasteiger partial charge in [-0.1, -0.05) is 12.1 Å². The highest BCUT2D eigenvalue weighted by Crippen LogP contribution is 2.20. The summed E-state index contributed by atoms with van der Waals surface area (Å²) in [6.07, 6.45) is 0. The lowest BCUT2D eigenvalue weighted by molar-refractivity contribution is -0.385. The average Bonchev–Trinajstić information content (AvgIpc) is 2.03. The number of nitrogens with two attached hydrogens (primary N) is 1. The van der Waals surface area contributed by atoms with Crippen molar-refractivity contribution in [3.05, 3.63) is 39.4 Å². The van der Waals surface area contributed by atoms with Crippen molar-refractivity contribution in [3.8, 4) is 0 Å². The van der Waals surface area contributed by atoms with Crippen LogP contribution >= 0.6 is 0 Å². The molecule has 0 unspecified atom stereocenters. The molecular weight excluding hydrogens is 170 g/mol. The Labute approximate surface area is 74.8 Å². The number of hydrogen-bond acceptors (Lipinski definition) is 3. The van der Waals surface area contributed by atoms with Gasteiger partial charge < -0.3 is 5.73 Å². The second kappa shape index (κ2) is 3.22. The van der Waals surface area contributed by atoms with Crippen LogP contribution in [0.3, 0.4) is 0 Å².